The first-order valence-corrected chi connectivity index (χ1v) is 23.4. The fourth-order valence-corrected chi connectivity index (χ4v) is 8.27. The number of amides is 7. The van der Waals surface area contributed by atoms with Gasteiger partial charge in [0.25, 0.3) is 23.6 Å². The molecule has 0 saturated carbocycles. The zero-order valence-electron chi connectivity index (χ0n) is 38.4. The van der Waals surface area contributed by atoms with E-state index < -0.39 is 29.7 Å². The number of benzene rings is 2. The van der Waals surface area contributed by atoms with Crippen molar-refractivity contribution in [3.8, 4) is 0 Å². The number of fused-ring (bicyclic) bond motifs is 1. The first-order valence-electron chi connectivity index (χ1n) is 23.4. The van der Waals surface area contributed by atoms with Crippen LogP contribution < -0.4 is 21.3 Å². The Morgan fingerprint density at radius 3 is 2.30 bits per heavy atom. The van der Waals surface area contributed by atoms with E-state index in [0.717, 1.165) is 42.6 Å². The van der Waals surface area contributed by atoms with E-state index in [-0.39, 0.29) is 48.2 Å². The molecule has 1 unspecified atom stereocenters. The summed E-state index contributed by atoms with van der Waals surface area (Å²) in [6.45, 7) is 5.09. The highest BCUT2D eigenvalue weighted by Gasteiger charge is 2.45. The van der Waals surface area contributed by atoms with Crippen LogP contribution in [0, 0.1) is 5.92 Å². The molecule has 3 aliphatic heterocycles. The minimum atomic E-state index is -1.03. The molecule has 0 bridgehead atoms. The second-order valence-electron chi connectivity index (χ2n) is 16.8. The van der Waals surface area contributed by atoms with E-state index in [1.54, 1.807) is 71.8 Å². The third-order valence-electron chi connectivity index (χ3n) is 12.0. The summed E-state index contributed by atoms with van der Waals surface area (Å²) in [6.07, 6.45) is 13.4. The zero-order valence-corrected chi connectivity index (χ0v) is 38.4. The predicted molar refractivity (Wildman–Crippen MR) is 250 cm³/mol. The van der Waals surface area contributed by atoms with Crippen molar-refractivity contribution in [2.75, 3.05) is 71.1 Å². The molecule has 20 nitrogen and oxygen atoms in total. The van der Waals surface area contributed by atoms with E-state index >= 15 is 0 Å². The normalized spacial score (nSPS) is 16.2. The highest BCUT2D eigenvalue weighted by atomic mass is 16.5. The molecule has 7 amide bonds. The van der Waals surface area contributed by atoms with Crippen LogP contribution in [0.1, 0.15) is 97.6 Å². The number of rotatable bonds is 25. The Bertz CT molecular complexity index is 2450. The Morgan fingerprint density at radius 2 is 1.55 bits per heavy atom. The highest BCUT2D eigenvalue weighted by Crippen LogP contribution is 2.32. The first kappa shape index (κ1) is 49.7. The molecule has 5 heterocycles. The average molecular weight is 947 g/mol. The van der Waals surface area contributed by atoms with Gasteiger partial charge in [-0.2, -0.15) is 0 Å². The number of ether oxygens (including phenoxy) is 3. The third kappa shape index (κ3) is 14.2. The van der Waals surface area contributed by atoms with E-state index in [2.05, 4.69) is 36.6 Å². The quantitative estimate of drug-likeness (QED) is 0.0424. The number of anilines is 1. The largest absolute Gasteiger partial charge is 0.382 e. The van der Waals surface area contributed by atoms with Crippen molar-refractivity contribution in [1.82, 2.24) is 45.7 Å². The standard InChI is InChI=1S/C49H58N10O10/c60-42(15-9-35-6-4-19-50-31-35)52-20-2-1-5-34-17-22-57(23-18-34)47(64)37-12-10-36(11-13-37)45(62)53-32-38-33-58(56-55-38)24-26-68-28-30-69-29-27-67-25-21-51-40-8-3-7-39-44(40)49(66)59(48(39)65)41-14-16-43(61)54-46(41)63/h3-4,6-13,15,19,31,33-34,41,51H,1-2,5,14,16-18,20-30,32H2,(H,52,60)(H,53,62)(H,54,61,63)/b15-9+. The van der Waals surface area contributed by atoms with Crippen LogP contribution in [-0.4, -0.2) is 143 Å². The van der Waals surface area contributed by atoms with Crippen molar-refractivity contribution in [2.45, 2.75) is 64.1 Å². The maximum Gasteiger partial charge on any atom is 0.264 e. The zero-order chi connectivity index (χ0) is 48.4. The summed E-state index contributed by atoms with van der Waals surface area (Å²) in [4.78, 5) is 95.2. The van der Waals surface area contributed by atoms with Crippen LogP contribution in [-0.2, 0) is 41.7 Å². The van der Waals surface area contributed by atoms with Crippen molar-refractivity contribution >= 4 is 53.1 Å². The van der Waals surface area contributed by atoms with Crippen molar-refractivity contribution in [2.24, 2.45) is 5.92 Å². The second kappa shape index (κ2) is 25.3. The minimum absolute atomic E-state index is 0.0397. The number of aromatic nitrogens is 4. The minimum Gasteiger partial charge on any atom is -0.382 e. The van der Waals surface area contributed by atoms with Crippen LogP contribution in [0.2, 0.25) is 0 Å². The number of imide groups is 2. The third-order valence-corrected chi connectivity index (χ3v) is 12.0. The van der Waals surface area contributed by atoms with Gasteiger partial charge in [0.15, 0.2) is 0 Å². The van der Waals surface area contributed by atoms with Gasteiger partial charge in [-0.3, -0.25) is 48.8 Å². The number of piperidine rings is 2. The van der Waals surface area contributed by atoms with Crippen molar-refractivity contribution in [3.63, 3.8) is 0 Å². The molecule has 4 N–H and O–H groups in total. The fourth-order valence-electron chi connectivity index (χ4n) is 8.27. The van der Waals surface area contributed by atoms with Gasteiger partial charge in [0, 0.05) is 67.9 Å². The maximum atomic E-state index is 13.2. The molecular formula is C49H58N10O10. The average Bonchev–Trinajstić information content (AvgIpc) is 3.93. The predicted octanol–water partition coefficient (Wildman–Crippen LogP) is 3.02. The number of nitrogens with zero attached hydrogens (tertiary/aromatic N) is 6. The number of carbonyl (C=O) groups is 7. The van der Waals surface area contributed by atoms with Gasteiger partial charge in [-0.25, -0.2) is 4.68 Å². The van der Waals surface area contributed by atoms with Crippen LogP contribution in [0.3, 0.4) is 0 Å². The molecule has 4 aromatic rings. The molecule has 0 aliphatic carbocycles. The molecule has 3 aliphatic rings. The van der Waals surface area contributed by atoms with Crippen molar-refractivity contribution in [3.05, 3.63) is 113 Å². The fraction of sp³-hybridized carbons (Fsp3) is 0.429. The van der Waals surface area contributed by atoms with Crippen LogP contribution in [0.25, 0.3) is 6.08 Å². The summed E-state index contributed by atoms with van der Waals surface area (Å²) in [6, 6.07) is 14.3. The van der Waals surface area contributed by atoms with E-state index in [1.165, 1.54) is 6.08 Å². The number of pyridine rings is 1. The number of likely N-dealkylation sites (tertiary alicyclic amines) is 1. The van der Waals surface area contributed by atoms with Gasteiger partial charge in [-0.1, -0.05) is 30.2 Å². The van der Waals surface area contributed by atoms with E-state index in [1.807, 2.05) is 17.0 Å². The van der Waals surface area contributed by atoms with E-state index in [9.17, 15) is 33.6 Å². The molecular weight excluding hydrogens is 889 g/mol. The molecule has 0 spiro atoms. The summed E-state index contributed by atoms with van der Waals surface area (Å²) in [5.41, 5.74) is 3.30. The lowest BCUT2D eigenvalue weighted by Gasteiger charge is -2.32. The Labute approximate surface area is 399 Å². The maximum absolute atomic E-state index is 13.2. The van der Waals surface area contributed by atoms with Crippen molar-refractivity contribution in [1.29, 1.82) is 0 Å². The van der Waals surface area contributed by atoms with Gasteiger partial charge in [0.05, 0.1) is 70.1 Å². The van der Waals surface area contributed by atoms with Crippen LogP contribution in [0.5, 0.6) is 0 Å². The summed E-state index contributed by atoms with van der Waals surface area (Å²) < 4.78 is 18.5. The molecule has 69 heavy (non-hydrogen) atoms. The van der Waals surface area contributed by atoms with Crippen LogP contribution in [0.15, 0.2) is 79.3 Å². The lowest BCUT2D eigenvalue weighted by atomic mass is 9.91. The molecule has 2 saturated heterocycles. The Morgan fingerprint density at radius 1 is 0.797 bits per heavy atom. The molecule has 7 rings (SSSR count). The Hall–Kier alpha value is -7.16. The van der Waals surface area contributed by atoms with Gasteiger partial charge in [-0.05, 0) is 85.7 Å². The molecule has 1 atom stereocenters. The summed E-state index contributed by atoms with van der Waals surface area (Å²) in [7, 11) is 0. The van der Waals surface area contributed by atoms with E-state index in [0.29, 0.717) is 101 Å². The molecule has 0 radical (unpaired) electrons. The molecule has 2 fully saturated rings. The van der Waals surface area contributed by atoms with Crippen LogP contribution >= 0.6 is 0 Å². The molecule has 2 aromatic heterocycles. The van der Waals surface area contributed by atoms with Gasteiger partial charge >= 0.3 is 0 Å². The number of nitrogens with one attached hydrogen (secondary N) is 4. The molecule has 364 valence electrons. The van der Waals surface area contributed by atoms with Gasteiger partial charge in [-0.15, -0.1) is 5.10 Å². The lowest BCUT2D eigenvalue weighted by Crippen LogP contribution is -2.54. The number of hydrogen-bond donors (Lipinski definition) is 4. The van der Waals surface area contributed by atoms with Gasteiger partial charge in [0.1, 0.15) is 11.7 Å². The lowest BCUT2D eigenvalue weighted by molar-refractivity contribution is -0.136. The Kier molecular flexibility index (Phi) is 18.2. The number of unbranched alkanes of at least 4 members (excludes halogenated alkanes) is 1. The summed E-state index contributed by atoms with van der Waals surface area (Å²) >= 11 is 0. The van der Waals surface area contributed by atoms with E-state index in [4.69, 9.17) is 14.2 Å². The summed E-state index contributed by atoms with van der Waals surface area (Å²) in [5, 5.41) is 19.4. The SMILES string of the molecule is O=C(/C=C/c1cccnc1)NCCCCC1CCN(C(=O)c2ccc(C(=O)NCc3cn(CCOCCOCCOCCNc4cccc5c4C(=O)N(C4CCC(=O)NC4=O)C5=O)nn3)cc2)CC1. The Balaban J connectivity index is 0.686. The second-order valence-corrected chi connectivity index (χ2v) is 16.8. The van der Waals surface area contributed by atoms with Gasteiger partial charge < -0.3 is 35.1 Å². The smallest absolute Gasteiger partial charge is 0.264 e. The first-order chi connectivity index (χ1) is 33.6. The van der Waals surface area contributed by atoms with Gasteiger partial charge in [0.2, 0.25) is 17.7 Å². The van der Waals surface area contributed by atoms with Crippen LogP contribution in [0.4, 0.5) is 5.69 Å². The summed E-state index contributed by atoms with van der Waals surface area (Å²) in [5.74, 6) is -2.12. The highest BCUT2D eigenvalue weighted by molar-refractivity contribution is 6.25. The van der Waals surface area contributed by atoms with Crippen molar-refractivity contribution < 1.29 is 47.8 Å². The number of carbonyl (C=O) groups excluding carboxylic acids is 7. The molecule has 2 aromatic carbocycles. The topological polar surface area (TPSA) is 245 Å². The monoisotopic (exact) mass is 946 g/mol. The number of hydrogen-bond acceptors (Lipinski definition) is 14. The molecule has 20 heteroatoms.